The number of carbonyl (C=O) groups is 1. The van der Waals surface area contributed by atoms with Gasteiger partial charge < -0.3 is 9.26 Å². The van der Waals surface area contributed by atoms with E-state index in [4.69, 9.17) is 9.26 Å². The number of aromatic nitrogens is 2. The first kappa shape index (κ1) is 19.5. The summed E-state index contributed by atoms with van der Waals surface area (Å²) < 4.78 is 48.5. The molecule has 12 heteroatoms. The second-order valence-electron chi connectivity index (χ2n) is 5.48. The first-order valence-corrected chi connectivity index (χ1v) is 8.43. The van der Waals surface area contributed by atoms with Gasteiger partial charge in [0.2, 0.25) is 5.82 Å². The van der Waals surface area contributed by atoms with Gasteiger partial charge in [0, 0.05) is 11.6 Å². The van der Waals surface area contributed by atoms with Crippen LogP contribution in [-0.2, 0) is 10.9 Å². The van der Waals surface area contributed by atoms with Crippen LogP contribution < -0.4 is 0 Å². The molecule has 2 aromatic heterocycles. The summed E-state index contributed by atoms with van der Waals surface area (Å²) in [5, 5.41) is 14.1. The number of hydrogen-bond donors (Lipinski definition) is 0. The van der Waals surface area contributed by atoms with Gasteiger partial charge in [-0.05, 0) is 25.1 Å². The lowest BCUT2D eigenvalue weighted by molar-refractivity contribution is -0.380. The van der Waals surface area contributed by atoms with Gasteiger partial charge in [-0.3, -0.25) is 10.1 Å². The maximum atomic E-state index is 12.8. The third kappa shape index (κ3) is 4.17. The van der Waals surface area contributed by atoms with Crippen LogP contribution in [0.25, 0.3) is 11.4 Å². The van der Waals surface area contributed by atoms with Crippen LogP contribution >= 0.6 is 11.3 Å². The Morgan fingerprint density at radius 3 is 2.71 bits per heavy atom. The molecule has 0 amide bonds. The minimum absolute atomic E-state index is 0.0103. The summed E-state index contributed by atoms with van der Waals surface area (Å²) in [6.07, 6.45) is -5.53. The SMILES string of the molecule is CC(OC(=O)c1ccc([N+](=O)[O-])s1)c1nc(-c2cccc(C(F)(F)F)c2)no1. The molecular weight excluding hydrogens is 403 g/mol. The van der Waals surface area contributed by atoms with Gasteiger partial charge in [-0.1, -0.05) is 28.6 Å². The average Bonchev–Trinajstić information content (AvgIpc) is 3.31. The number of ether oxygens (including phenoxy) is 1. The molecule has 3 aromatic rings. The molecule has 0 N–H and O–H groups in total. The molecule has 8 nitrogen and oxygen atoms in total. The summed E-state index contributed by atoms with van der Waals surface area (Å²) in [4.78, 5) is 26.0. The summed E-state index contributed by atoms with van der Waals surface area (Å²) in [7, 11) is 0. The van der Waals surface area contributed by atoms with Gasteiger partial charge in [-0.25, -0.2) is 4.79 Å². The molecule has 0 spiro atoms. The van der Waals surface area contributed by atoms with Crippen LogP contribution in [0.2, 0.25) is 0 Å². The van der Waals surface area contributed by atoms with Crippen molar-refractivity contribution in [1.29, 1.82) is 0 Å². The van der Waals surface area contributed by atoms with Crippen molar-refractivity contribution in [2.75, 3.05) is 0 Å². The Hall–Kier alpha value is -3.28. The highest BCUT2D eigenvalue weighted by Crippen LogP contribution is 2.32. The Bertz CT molecular complexity index is 1030. The van der Waals surface area contributed by atoms with E-state index in [0.29, 0.717) is 11.3 Å². The summed E-state index contributed by atoms with van der Waals surface area (Å²) >= 11 is 0.645. The summed E-state index contributed by atoms with van der Waals surface area (Å²) in [5.41, 5.74) is -0.785. The molecule has 28 heavy (non-hydrogen) atoms. The van der Waals surface area contributed by atoms with E-state index in [1.54, 1.807) is 0 Å². The minimum Gasteiger partial charge on any atom is -0.448 e. The number of nitro groups is 1. The minimum atomic E-state index is -4.52. The van der Waals surface area contributed by atoms with E-state index in [1.165, 1.54) is 31.2 Å². The molecule has 146 valence electrons. The third-order valence-corrected chi connectivity index (χ3v) is 4.51. The van der Waals surface area contributed by atoms with Gasteiger partial charge in [0.1, 0.15) is 4.88 Å². The number of esters is 1. The molecule has 2 heterocycles. The number of hydrogen-bond acceptors (Lipinski definition) is 8. The van der Waals surface area contributed by atoms with Gasteiger partial charge >= 0.3 is 17.1 Å². The lowest BCUT2D eigenvalue weighted by Gasteiger charge is -2.07. The molecule has 0 aliphatic carbocycles. The monoisotopic (exact) mass is 413 g/mol. The van der Waals surface area contributed by atoms with Crippen LogP contribution in [0.15, 0.2) is 40.9 Å². The molecule has 0 aliphatic heterocycles. The van der Waals surface area contributed by atoms with Crippen molar-refractivity contribution in [2.45, 2.75) is 19.2 Å². The number of rotatable bonds is 5. The Morgan fingerprint density at radius 1 is 1.32 bits per heavy atom. The Morgan fingerprint density at radius 2 is 2.07 bits per heavy atom. The van der Waals surface area contributed by atoms with Crippen molar-refractivity contribution < 1.29 is 32.1 Å². The summed E-state index contributed by atoms with van der Waals surface area (Å²) in [6.45, 7) is 1.42. The first-order valence-electron chi connectivity index (χ1n) is 7.61. The van der Waals surface area contributed by atoms with Crippen LogP contribution in [0.1, 0.15) is 34.2 Å². The van der Waals surface area contributed by atoms with E-state index in [2.05, 4.69) is 10.1 Å². The number of thiophene rings is 1. The molecule has 1 unspecified atom stereocenters. The normalized spacial score (nSPS) is 12.6. The fourth-order valence-corrected chi connectivity index (χ4v) is 2.86. The smallest absolute Gasteiger partial charge is 0.416 e. The molecule has 3 rings (SSSR count). The van der Waals surface area contributed by atoms with Crippen LogP contribution in [0.5, 0.6) is 0 Å². The van der Waals surface area contributed by atoms with Crippen molar-refractivity contribution in [3.05, 3.63) is 62.8 Å². The molecule has 1 aromatic carbocycles. The number of nitrogens with zero attached hydrogens (tertiary/aromatic N) is 3. The van der Waals surface area contributed by atoms with Crippen LogP contribution in [-0.4, -0.2) is 21.0 Å². The summed E-state index contributed by atoms with van der Waals surface area (Å²) in [6, 6.07) is 6.79. The molecule has 0 saturated heterocycles. The van der Waals surface area contributed by atoms with E-state index >= 15 is 0 Å². The number of alkyl halides is 3. The molecule has 0 aliphatic rings. The second-order valence-corrected chi connectivity index (χ2v) is 6.54. The van der Waals surface area contributed by atoms with Crippen molar-refractivity contribution in [1.82, 2.24) is 10.1 Å². The molecule has 0 bridgehead atoms. The number of benzene rings is 1. The number of carbonyl (C=O) groups excluding carboxylic acids is 1. The van der Waals surface area contributed by atoms with Crippen LogP contribution in [0.4, 0.5) is 18.2 Å². The van der Waals surface area contributed by atoms with E-state index in [0.717, 1.165) is 12.1 Å². The summed E-state index contributed by atoms with van der Waals surface area (Å²) in [5.74, 6) is -1.06. The molecule has 1 atom stereocenters. The fourth-order valence-electron chi connectivity index (χ4n) is 2.16. The first-order chi connectivity index (χ1) is 13.1. The maximum absolute atomic E-state index is 12.8. The van der Waals surface area contributed by atoms with Gasteiger partial charge in [0.15, 0.2) is 6.10 Å². The van der Waals surface area contributed by atoms with E-state index in [9.17, 15) is 28.1 Å². The van der Waals surface area contributed by atoms with E-state index in [1.807, 2.05) is 0 Å². The third-order valence-electron chi connectivity index (χ3n) is 3.49. The maximum Gasteiger partial charge on any atom is 0.416 e. The van der Waals surface area contributed by atoms with Crippen LogP contribution in [0.3, 0.4) is 0 Å². The Kier molecular flexibility index (Phi) is 5.14. The highest BCUT2D eigenvalue weighted by Gasteiger charge is 2.31. The van der Waals surface area contributed by atoms with Gasteiger partial charge in [-0.2, -0.15) is 18.2 Å². The van der Waals surface area contributed by atoms with Crippen molar-refractivity contribution >= 4 is 22.3 Å². The zero-order chi connectivity index (χ0) is 20.5. The standard InChI is InChI=1S/C16H10F3N3O5S/c1-8(26-15(23)11-5-6-12(28-11)22(24)25)14-20-13(21-27-14)9-3-2-4-10(7-9)16(17,18)19/h2-8H,1H3. The topological polar surface area (TPSA) is 108 Å². The van der Waals surface area contributed by atoms with Gasteiger partial charge in [0.05, 0.1) is 10.5 Å². The molecule has 0 radical (unpaired) electrons. The molecule has 0 fully saturated rings. The predicted octanol–water partition coefficient (Wildman–Crippen LogP) is 4.64. The quantitative estimate of drug-likeness (QED) is 0.340. The van der Waals surface area contributed by atoms with Crippen LogP contribution in [0, 0.1) is 10.1 Å². The van der Waals surface area contributed by atoms with Gasteiger partial charge in [0.25, 0.3) is 5.89 Å². The van der Waals surface area contributed by atoms with E-state index < -0.39 is 28.7 Å². The number of halogens is 3. The largest absolute Gasteiger partial charge is 0.448 e. The predicted molar refractivity (Wildman–Crippen MR) is 89.5 cm³/mol. The average molecular weight is 413 g/mol. The Labute approximate surface area is 158 Å². The lowest BCUT2D eigenvalue weighted by atomic mass is 10.1. The highest BCUT2D eigenvalue weighted by molar-refractivity contribution is 7.17. The lowest BCUT2D eigenvalue weighted by Crippen LogP contribution is -2.08. The van der Waals surface area contributed by atoms with Crippen molar-refractivity contribution in [3.63, 3.8) is 0 Å². The Balaban J connectivity index is 1.74. The van der Waals surface area contributed by atoms with Gasteiger partial charge in [-0.15, -0.1) is 0 Å². The zero-order valence-electron chi connectivity index (χ0n) is 14.0. The van der Waals surface area contributed by atoms with E-state index in [-0.39, 0.29) is 27.2 Å². The second kappa shape index (κ2) is 7.38. The molecular formula is C16H10F3N3O5S. The van der Waals surface area contributed by atoms with Crippen molar-refractivity contribution in [2.24, 2.45) is 0 Å². The molecule has 0 saturated carbocycles. The highest BCUT2D eigenvalue weighted by atomic mass is 32.1. The zero-order valence-corrected chi connectivity index (χ0v) is 14.8. The fraction of sp³-hybridized carbons (Fsp3) is 0.188. The van der Waals surface area contributed by atoms with Crippen molar-refractivity contribution in [3.8, 4) is 11.4 Å².